The molecule has 0 saturated heterocycles. The number of anilines is 1. The first-order valence-electron chi connectivity index (χ1n) is 8.52. The third kappa shape index (κ3) is 5.84. The number of nitrogens with zero attached hydrogens (tertiary/aromatic N) is 1. The quantitative estimate of drug-likeness (QED) is 0.307. The van der Waals surface area contributed by atoms with Gasteiger partial charge >= 0.3 is 0 Å². The summed E-state index contributed by atoms with van der Waals surface area (Å²) < 4.78 is 11.6. The summed E-state index contributed by atoms with van der Waals surface area (Å²) in [6.45, 7) is 6.97. The van der Waals surface area contributed by atoms with Crippen LogP contribution in [0.3, 0.4) is 0 Å². The minimum Gasteiger partial charge on any atom is -0.490 e. The van der Waals surface area contributed by atoms with Crippen molar-refractivity contribution in [3.63, 3.8) is 0 Å². The molecule has 0 spiro atoms. The molecule has 0 saturated carbocycles. The van der Waals surface area contributed by atoms with Crippen LogP contribution in [0.5, 0.6) is 11.5 Å². The Kier molecular flexibility index (Phi) is 7.55. The maximum atomic E-state index is 5.92. The van der Waals surface area contributed by atoms with Gasteiger partial charge in [0.1, 0.15) is 25.2 Å². The zero-order valence-corrected chi connectivity index (χ0v) is 15.8. The van der Waals surface area contributed by atoms with Crippen LogP contribution >= 0.6 is 0 Å². The minimum atomic E-state index is 0.381. The summed E-state index contributed by atoms with van der Waals surface area (Å²) in [5.41, 5.74) is 4.04. The topological polar surface area (TPSA) is 52.1 Å². The minimum absolute atomic E-state index is 0.381. The highest BCUT2D eigenvalue weighted by Crippen LogP contribution is 2.28. The summed E-state index contributed by atoms with van der Waals surface area (Å²) in [6, 6.07) is 11.8. The predicted molar refractivity (Wildman–Crippen MR) is 106 cm³/mol. The lowest BCUT2D eigenvalue weighted by Crippen LogP contribution is -2.10. The van der Waals surface area contributed by atoms with Crippen LogP contribution in [0.25, 0.3) is 0 Å². The van der Waals surface area contributed by atoms with Gasteiger partial charge in [0, 0.05) is 5.69 Å². The van der Waals surface area contributed by atoms with Gasteiger partial charge in [0.05, 0.1) is 6.21 Å². The molecule has 0 unspecified atom stereocenters. The first-order valence-corrected chi connectivity index (χ1v) is 8.52. The van der Waals surface area contributed by atoms with Crippen molar-refractivity contribution in [1.29, 1.82) is 0 Å². The Morgan fingerprint density at radius 2 is 1.73 bits per heavy atom. The summed E-state index contributed by atoms with van der Waals surface area (Å²) in [4.78, 5) is 4.67. The molecule has 26 heavy (non-hydrogen) atoms. The fourth-order valence-corrected chi connectivity index (χ4v) is 2.45. The molecule has 0 amide bonds. The van der Waals surface area contributed by atoms with E-state index in [0.717, 1.165) is 33.9 Å². The van der Waals surface area contributed by atoms with E-state index >= 15 is 0 Å². The lowest BCUT2D eigenvalue weighted by molar-refractivity contribution is 0.215. The Hall–Kier alpha value is -2.95. The smallest absolute Gasteiger partial charge is 0.159 e. The number of nitrogens with one attached hydrogen (secondary N) is 1. The Morgan fingerprint density at radius 1 is 1.04 bits per heavy atom. The van der Waals surface area contributed by atoms with Crippen LogP contribution in [0.2, 0.25) is 0 Å². The summed E-state index contributed by atoms with van der Waals surface area (Å²) >= 11 is 0. The standard InChI is InChI=1S/C21H26N2O3/c1-5-6-11-25-20-12-16(2)21(17(3)13-20)26-15-22-19-9-7-18(8-10-19)14-23-24-4/h5-10,12-14,22H,11,15H2,1-4H3/b6-5+,23-14+. The van der Waals surface area contributed by atoms with Crippen molar-refractivity contribution in [2.45, 2.75) is 20.8 Å². The number of aryl methyl sites for hydroxylation is 2. The molecule has 1 N–H and O–H groups in total. The number of oxime groups is 1. The van der Waals surface area contributed by atoms with Crippen molar-refractivity contribution in [3.8, 4) is 11.5 Å². The van der Waals surface area contributed by atoms with Crippen LogP contribution in [0.1, 0.15) is 23.6 Å². The molecule has 0 fully saturated rings. The molecule has 0 aliphatic heterocycles. The number of hydrogen-bond donors (Lipinski definition) is 1. The first-order chi connectivity index (χ1) is 12.6. The molecule has 0 aromatic heterocycles. The molecule has 0 bridgehead atoms. The van der Waals surface area contributed by atoms with Crippen molar-refractivity contribution in [3.05, 3.63) is 65.2 Å². The molecule has 2 aromatic carbocycles. The zero-order chi connectivity index (χ0) is 18.8. The molecular weight excluding hydrogens is 328 g/mol. The number of rotatable bonds is 9. The van der Waals surface area contributed by atoms with Gasteiger partial charge in [-0.2, -0.15) is 0 Å². The molecule has 0 atom stereocenters. The second-order valence-electron chi connectivity index (χ2n) is 5.77. The Balaban J connectivity index is 1.91. The Bertz CT molecular complexity index is 729. The summed E-state index contributed by atoms with van der Waals surface area (Å²) in [7, 11) is 1.52. The second kappa shape index (κ2) is 10.1. The van der Waals surface area contributed by atoms with E-state index in [1.165, 1.54) is 7.11 Å². The van der Waals surface area contributed by atoms with E-state index in [-0.39, 0.29) is 0 Å². The predicted octanol–water partition coefficient (Wildman–Crippen LogP) is 4.69. The van der Waals surface area contributed by atoms with E-state index in [9.17, 15) is 0 Å². The Morgan fingerprint density at radius 3 is 2.35 bits per heavy atom. The van der Waals surface area contributed by atoms with Gasteiger partial charge in [0.15, 0.2) is 6.73 Å². The first kappa shape index (κ1) is 19.4. The monoisotopic (exact) mass is 354 g/mol. The van der Waals surface area contributed by atoms with E-state index in [0.29, 0.717) is 13.3 Å². The molecule has 138 valence electrons. The van der Waals surface area contributed by atoms with Crippen molar-refractivity contribution >= 4 is 11.9 Å². The SMILES string of the molecule is C/C=C/COc1cc(C)c(OCNc2ccc(/C=N/OC)cc2)c(C)c1. The van der Waals surface area contributed by atoms with Crippen molar-refractivity contribution < 1.29 is 14.3 Å². The summed E-state index contributed by atoms with van der Waals surface area (Å²) in [5, 5.41) is 6.99. The van der Waals surface area contributed by atoms with Gasteiger partial charge in [0.25, 0.3) is 0 Å². The lowest BCUT2D eigenvalue weighted by Gasteiger charge is -2.15. The van der Waals surface area contributed by atoms with Gasteiger partial charge in [-0.15, -0.1) is 0 Å². The highest BCUT2D eigenvalue weighted by molar-refractivity contribution is 5.79. The highest BCUT2D eigenvalue weighted by Gasteiger charge is 2.07. The van der Waals surface area contributed by atoms with Gasteiger partial charge in [0.2, 0.25) is 0 Å². The number of hydrogen-bond acceptors (Lipinski definition) is 5. The van der Waals surface area contributed by atoms with Crippen molar-refractivity contribution in [2.24, 2.45) is 5.16 Å². The largest absolute Gasteiger partial charge is 0.490 e. The fourth-order valence-electron chi connectivity index (χ4n) is 2.45. The zero-order valence-electron chi connectivity index (χ0n) is 15.8. The van der Waals surface area contributed by atoms with E-state index in [1.807, 2.05) is 69.3 Å². The Labute approximate surface area is 155 Å². The summed E-state index contributed by atoms with van der Waals surface area (Å²) in [6.07, 6.45) is 5.61. The average Bonchev–Trinajstić information content (AvgIpc) is 2.63. The van der Waals surface area contributed by atoms with Gasteiger partial charge in [-0.05, 0) is 61.7 Å². The van der Waals surface area contributed by atoms with E-state index < -0.39 is 0 Å². The van der Waals surface area contributed by atoms with E-state index in [1.54, 1.807) is 6.21 Å². The van der Waals surface area contributed by atoms with Crippen molar-refractivity contribution in [2.75, 3.05) is 25.8 Å². The third-order valence-electron chi connectivity index (χ3n) is 3.73. The second-order valence-corrected chi connectivity index (χ2v) is 5.77. The number of ether oxygens (including phenoxy) is 2. The van der Waals surface area contributed by atoms with Gasteiger partial charge < -0.3 is 19.6 Å². The molecule has 2 rings (SSSR count). The lowest BCUT2D eigenvalue weighted by atomic mass is 10.1. The van der Waals surface area contributed by atoms with Crippen LogP contribution in [0.15, 0.2) is 53.7 Å². The maximum absolute atomic E-state index is 5.92. The van der Waals surface area contributed by atoms with Gasteiger partial charge in [-0.3, -0.25) is 0 Å². The van der Waals surface area contributed by atoms with Crippen molar-refractivity contribution in [1.82, 2.24) is 0 Å². The van der Waals surface area contributed by atoms with Crippen LogP contribution in [0, 0.1) is 13.8 Å². The molecule has 0 heterocycles. The number of benzene rings is 2. The molecule has 5 heteroatoms. The van der Waals surface area contributed by atoms with Gasteiger partial charge in [-0.1, -0.05) is 29.4 Å². The average molecular weight is 354 g/mol. The molecule has 0 aliphatic carbocycles. The summed E-state index contributed by atoms with van der Waals surface area (Å²) in [5.74, 6) is 1.73. The normalized spacial score (nSPS) is 11.1. The van der Waals surface area contributed by atoms with E-state index in [4.69, 9.17) is 9.47 Å². The molecule has 0 radical (unpaired) electrons. The number of allylic oxidation sites excluding steroid dienone is 1. The van der Waals surface area contributed by atoms with Gasteiger partial charge in [-0.25, -0.2) is 0 Å². The third-order valence-corrected chi connectivity index (χ3v) is 3.73. The van der Waals surface area contributed by atoms with Crippen LogP contribution in [-0.4, -0.2) is 26.7 Å². The fraction of sp³-hybridized carbons (Fsp3) is 0.286. The highest BCUT2D eigenvalue weighted by atomic mass is 16.6. The molecule has 5 nitrogen and oxygen atoms in total. The van der Waals surface area contributed by atoms with Crippen LogP contribution < -0.4 is 14.8 Å². The van der Waals surface area contributed by atoms with Crippen LogP contribution in [-0.2, 0) is 4.84 Å². The van der Waals surface area contributed by atoms with Crippen LogP contribution in [0.4, 0.5) is 5.69 Å². The molecule has 0 aliphatic rings. The molecular formula is C21H26N2O3. The molecule has 2 aromatic rings. The maximum Gasteiger partial charge on any atom is 0.159 e. The van der Waals surface area contributed by atoms with E-state index in [2.05, 4.69) is 15.3 Å².